The molecule has 19 heavy (non-hydrogen) atoms. The fraction of sp³-hybridized carbons (Fsp3) is 0.643. The van der Waals surface area contributed by atoms with Crippen molar-refractivity contribution in [3.05, 3.63) is 34.7 Å². The summed E-state index contributed by atoms with van der Waals surface area (Å²) in [4.78, 5) is 16.6. The van der Waals surface area contributed by atoms with Crippen LogP contribution in [0.2, 0.25) is 0 Å². The summed E-state index contributed by atoms with van der Waals surface area (Å²) in [5, 5.41) is 3.39. The predicted molar refractivity (Wildman–Crippen MR) is 75.4 cm³/mol. The third-order valence-electron chi connectivity index (χ3n) is 4.16. The van der Waals surface area contributed by atoms with Crippen molar-refractivity contribution in [1.82, 2.24) is 19.7 Å². The van der Waals surface area contributed by atoms with Crippen LogP contribution in [0.3, 0.4) is 0 Å². The minimum absolute atomic E-state index is 0.0988. The Balaban J connectivity index is 1.42. The van der Waals surface area contributed by atoms with Crippen LogP contribution in [0.5, 0.6) is 0 Å². The summed E-state index contributed by atoms with van der Waals surface area (Å²) >= 11 is 0. The van der Waals surface area contributed by atoms with Gasteiger partial charge in [0.1, 0.15) is 0 Å². The number of hydrogen-bond donors (Lipinski definition) is 1. The van der Waals surface area contributed by atoms with Crippen molar-refractivity contribution in [2.45, 2.75) is 12.6 Å². The van der Waals surface area contributed by atoms with Gasteiger partial charge in [-0.15, -0.1) is 0 Å². The van der Waals surface area contributed by atoms with E-state index in [1.54, 1.807) is 16.7 Å². The summed E-state index contributed by atoms with van der Waals surface area (Å²) in [6.45, 7) is 8.68. The Kier molecular flexibility index (Phi) is 3.96. The summed E-state index contributed by atoms with van der Waals surface area (Å²) in [5.41, 5.74) is 0.0988. The van der Waals surface area contributed by atoms with Gasteiger partial charge in [-0.25, -0.2) is 0 Å². The van der Waals surface area contributed by atoms with Gasteiger partial charge >= 0.3 is 0 Å². The molecule has 2 aliphatic rings. The normalized spacial score (nSPS) is 22.3. The highest BCUT2D eigenvalue weighted by molar-refractivity contribution is 4.94. The highest BCUT2D eigenvalue weighted by Crippen LogP contribution is 2.14. The molecule has 0 radical (unpaired) electrons. The average molecular weight is 262 g/mol. The molecule has 104 valence electrons. The van der Waals surface area contributed by atoms with Crippen molar-refractivity contribution in [3.8, 4) is 0 Å². The van der Waals surface area contributed by atoms with Crippen molar-refractivity contribution in [3.63, 3.8) is 0 Å². The molecule has 3 rings (SSSR count). The molecule has 0 aromatic carbocycles. The lowest BCUT2D eigenvalue weighted by Crippen LogP contribution is -2.63. The third kappa shape index (κ3) is 3.05. The molecule has 0 aliphatic carbocycles. The molecular formula is C14H22N4O. The van der Waals surface area contributed by atoms with E-state index in [-0.39, 0.29) is 5.56 Å². The maximum Gasteiger partial charge on any atom is 0.250 e. The molecule has 0 amide bonds. The predicted octanol–water partition coefficient (Wildman–Crippen LogP) is -0.562. The number of likely N-dealkylation sites (tertiary alicyclic amines) is 1. The molecule has 0 bridgehead atoms. The summed E-state index contributed by atoms with van der Waals surface area (Å²) < 4.78 is 1.79. The van der Waals surface area contributed by atoms with Gasteiger partial charge in [-0.3, -0.25) is 14.6 Å². The smallest absolute Gasteiger partial charge is 0.250 e. The number of aromatic nitrogens is 1. The van der Waals surface area contributed by atoms with Gasteiger partial charge in [0, 0.05) is 70.7 Å². The SMILES string of the molecule is O=c1ccccn1CCN1CC(N2CCNCC2)C1. The van der Waals surface area contributed by atoms with Crippen LogP contribution < -0.4 is 10.9 Å². The maximum absolute atomic E-state index is 11.6. The average Bonchev–Trinajstić information content (AvgIpc) is 2.40. The lowest BCUT2D eigenvalue weighted by atomic mass is 10.1. The van der Waals surface area contributed by atoms with E-state index in [4.69, 9.17) is 0 Å². The van der Waals surface area contributed by atoms with Crippen LogP contribution in [0.25, 0.3) is 0 Å². The van der Waals surface area contributed by atoms with Crippen molar-refractivity contribution < 1.29 is 0 Å². The van der Waals surface area contributed by atoms with E-state index in [0.29, 0.717) is 0 Å². The van der Waals surface area contributed by atoms with Gasteiger partial charge in [-0.2, -0.15) is 0 Å². The molecule has 1 aromatic rings. The number of hydrogen-bond acceptors (Lipinski definition) is 4. The summed E-state index contributed by atoms with van der Waals surface area (Å²) in [6, 6.07) is 6.07. The minimum Gasteiger partial charge on any atom is -0.314 e. The second-order valence-electron chi connectivity index (χ2n) is 5.43. The summed E-state index contributed by atoms with van der Waals surface area (Å²) in [5.74, 6) is 0. The van der Waals surface area contributed by atoms with Crippen LogP contribution in [0.4, 0.5) is 0 Å². The number of pyridine rings is 1. The van der Waals surface area contributed by atoms with Crippen LogP contribution in [0.1, 0.15) is 0 Å². The second kappa shape index (κ2) is 5.86. The molecule has 0 unspecified atom stereocenters. The van der Waals surface area contributed by atoms with Crippen molar-refractivity contribution in [2.75, 3.05) is 45.8 Å². The van der Waals surface area contributed by atoms with E-state index in [0.717, 1.165) is 45.3 Å². The molecule has 5 heteroatoms. The molecule has 0 spiro atoms. The maximum atomic E-state index is 11.6. The molecule has 2 fully saturated rings. The second-order valence-corrected chi connectivity index (χ2v) is 5.43. The largest absolute Gasteiger partial charge is 0.314 e. The molecule has 5 nitrogen and oxygen atoms in total. The first-order valence-electron chi connectivity index (χ1n) is 7.15. The third-order valence-corrected chi connectivity index (χ3v) is 4.16. The van der Waals surface area contributed by atoms with E-state index < -0.39 is 0 Å². The van der Waals surface area contributed by atoms with E-state index in [2.05, 4.69) is 15.1 Å². The van der Waals surface area contributed by atoms with Crippen molar-refractivity contribution >= 4 is 0 Å². The van der Waals surface area contributed by atoms with E-state index in [1.165, 1.54) is 13.1 Å². The molecule has 1 aromatic heterocycles. The molecule has 1 N–H and O–H groups in total. The molecular weight excluding hydrogens is 240 g/mol. The standard InChI is InChI=1S/C14H22N4O/c19-14-3-1-2-6-18(14)10-9-16-11-13(12-16)17-7-4-15-5-8-17/h1-3,6,13,15H,4-5,7-12H2. The molecule has 2 saturated heterocycles. The number of nitrogens with zero attached hydrogens (tertiary/aromatic N) is 3. The van der Waals surface area contributed by atoms with Gasteiger partial charge < -0.3 is 9.88 Å². The molecule has 2 aliphatic heterocycles. The lowest BCUT2D eigenvalue weighted by molar-refractivity contribution is 0.0253. The topological polar surface area (TPSA) is 40.5 Å². The first-order chi connectivity index (χ1) is 9.33. The van der Waals surface area contributed by atoms with Gasteiger partial charge in [0.05, 0.1) is 0 Å². The molecule has 0 saturated carbocycles. The number of nitrogens with one attached hydrogen (secondary N) is 1. The first kappa shape index (κ1) is 12.8. The highest BCUT2D eigenvalue weighted by Gasteiger charge is 2.31. The fourth-order valence-corrected chi connectivity index (χ4v) is 2.90. The van der Waals surface area contributed by atoms with Crippen LogP contribution >= 0.6 is 0 Å². The highest BCUT2D eigenvalue weighted by atomic mass is 16.1. The zero-order valence-electron chi connectivity index (χ0n) is 11.3. The summed E-state index contributed by atoms with van der Waals surface area (Å²) in [7, 11) is 0. The van der Waals surface area contributed by atoms with Crippen LogP contribution in [0, 0.1) is 0 Å². The Morgan fingerprint density at radius 1 is 1.16 bits per heavy atom. The van der Waals surface area contributed by atoms with Gasteiger partial charge in [0.15, 0.2) is 0 Å². The van der Waals surface area contributed by atoms with Crippen LogP contribution in [-0.4, -0.2) is 66.2 Å². The first-order valence-corrected chi connectivity index (χ1v) is 7.15. The lowest BCUT2D eigenvalue weighted by Gasteiger charge is -2.46. The van der Waals surface area contributed by atoms with Gasteiger partial charge in [-0.1, -0.05) is 6.07 Å². The zero-order valence-corrected chi connectivity index (χ0v) is 11.3. The van der Waals surface area contributed by atoms with E-state index >= 15 is 0 Å². The van der Waals surface area contributed by atoms with Crippen LogP contribution in [0.15, 0.2) is 29.2 Å². The Labute approximate surface area is 113 Å². The van der Waals surface area contributed by atoms with Gasteiger partial charge in [-0.05, 0) is 6.07 Å². The Hall–Kier alpha value is -1.17. The zero-order chi connectivity index (χ0) is 13.1. The Bertz CT molecular complexity index is 461. The molecule has 3 heterocycles. The number of rotatable bonds is 4. The van der Waals surface area contributed by atoms with E-state index in [1.807, 2.05) is 12.3 Å². The number of piperazine rings is 1. The Morgan fingerprint density at radius 2 is 1.95 bits per heavy atom. The van der Waals surface area contributed by atoms with E-state index in [9.17, 15) is 4.79 Å². The minimum atomic E-state index is 0.0988. The van der Waals surface area contributed by atoms with Crippen LogP contribution in [-0.2, 0) is 6.54 Å². The monoisotopic (exact) mass is 262 g/mol. The fourth-order valence-electron chi connectivity index (χ4n) is 2.90. The summed E-state index contributed by atoms with van der Waals surface area (Å²) in [6.07, 6.45) is 1.87. The van der Waals surface area contributed by atoms with Gasteiger partial charge in [0.2, 0.25) is 0 Å². The molecule has 0 atom stereocenters. The van der Waals surface area contributed by atoms with Crippen molar-refractivity contribution in [1.29, 1.82) is 0 Å². The van der Waals surface area contributed by atoms with Gasteiger partial charge in [0.25, 0.3) is 5.56 Å². The quantitative estimate of drug-likeness (QED) is 0.789. The Morgan fingerprint density at radius 3 is 2.68 bits per heavy atom. The van der Waals surface area contributed by atoms with Crippen molar-refractivity contribution in [2.24, 2.45) is 0 Å².